The predicted octanol–water partition coefficient (Wildman–Crippen LogP) is 2.61. The van der Waals surface area contributed by atoms with Gasteiger partial charge in [-0.05, 0) is 36.5 Å². The van der Waals surface area contributed by atoms with Crippen molar-refractivity contribution in [1.29, 1.82) is 0 Å². The zero-order valence-corrected chi connectivity index (χ0v) is 14.0. The van der Waals surface area contributed by atoms with E-state index in [0.717, 1.165) is 44.2 Å². The number of piperazine rings is 1. The first-order chi connectivity index (χ1) is 9.95. The number of nitrogens with zero attached hydrogens (tertiary/aromatic N) is 2. The first-order valence-corrected chi connectivity index (χ1v) is 8.15. The zero-order valence-electron chi connectivity index (χ0n) is 14.0. The van der Waals surface area contributed by atoms with Crippen molar-refractivity contribution >= 4 is 0 Å². The van der Waals surface area contributed by atoms with Gasteiger partial charge in [0.2, 0.25) is 0 Å². The average Bonchev–Trinajstić information content (AvgIpc) is 2.43. The molecule has 0 aromatic heterocycles. The van der Waals surface area contributed by atoms with Gasteiger partial charge in [-0.3, -0.25) is 4.90 Å². The van der Waals surface area contributed by atoms with E-state index in [4.69, 9.17) is 0 Å². The Morgan fingerprint density at radius 1 is 0.952 bits per heavy atom. The van der Waals surface area contributed by atoms with E-state index in [1.165, 1.54) is 17.7 Å². The molecule has 118 valence electrons. The third-order valence-electron chi connectivity index (χ3n) is 4.44. The van der Waals surface area contributed by atoms with E-state index in [0.29, 0.717) is 0 Å². The third-order valence-corrected chi connectivity index (χ3v) is 4.44. The summed E-state index contributed by atoms with van der Waals surface area (Å²) in [5.41, 5.74) is 3.59. The molecule has 21 heavy (non-hydrogen) atoms. The lowest BCUT2D eigenvalue weighted by Gasteiger charge is -2.36. The van der Waals surface area contributed by atoms with Crippen LogP contribution >= 0.6 is 0 Å². The Labute approximate surface area is 129 Å². The summed E-state index contributed by atoms with van der Waals surface area (Å²) in [4.78, 5) is 4.92. The van der Waals surface area contributed by atoms with E-state index in [9.17, 15) is 5.11 Å². The predicted molar refractivity (Wildman–Crippen MR) is 88.6 cm³/mol. The Bertz CT molecular complexity index is 451. The second kappa shape index (κ2) is 7.39. The Morgan fingerprint density at radius 3 is 2.05 bits per heavy atom. The molecule has 0 saturated carbocycles. The highest BCUT2D eigenvalue weighted by molar-refractivity contribution is 5.31. The molecule has 0 spiro atoms. The van der Waals surface area contributed by atoms with Crippen molar-refractivity contribution in [3.63, 3.8) is 0 Å². The van der Waals surface area contributed by atoms with Gasteiger partial charge < -0.3 is 10.0 Å². The van der Waals surface area contributed by atoms with E-state index in [-0.39, 0.29) is 6.10 Å². The molecular weight excluding hydrogens is 260 g/mol. The van der Waals surface area contributed by atoms with Gasteiger partial charge in [-0.2, -0.15) is 0 Å². The Balaban J connectivity index is 1.84. The lowest BCUT2D eigenvalue weighted by atomic mass is 10.0. The molecule has 1 N–H and O–H groups in total. The summed E-state index contributed by atoms with van der Waals surface area (Å²) in [5.74, 6) is 0.734. The zero-order chi connectivity index (χ0) is 15.4. The number of aliphatic hydroxyl groups is 1. The lowest BCUT2D eigenvalue weighted by molar-refractivity contribution is 0.0687. The minimum Gasteiger partial charge on any atom is -0.387 e. The van der Waals surface area contributed by atoms with Gasteiger partial charge in [0.25, 0.3) is 0 Å². The van der Waals surface area contributed by atoms with Crippen LogP contribution in [0.1, 0.15) is 36.6 Å². The van der Waals surface area contributed by atoms with Crippen LogP contribution in [0.5, 0.6) is 0 Å². The fraction of sp³-hybridized carbons (Fsp3) is 0.667. The maximum atomic E-state index is 10.4. The van der Waals surface area contributed by atoms with Crippen molar-refractivity contribution in [3.8, 4) is 0 Å². The molecule has 1 aromatic rings. The number of aryl methyl sites for hydroxylation is 2. The normalized spacial score (nSPS) is 19.1. The smallest absolute Gasteiger partial charge is 0.0917 e. The van der Waals surface area contributed by atoms with Gasteiger partial charge in [-0.1, -0.05) is 32.0 Å². The van der Waals surface area contributed by atoms with Crippen molar-refractivity contribution < 1.29 is 5.11 Å². The summed E-state index contributed by atoms with van der Waals surface area (Å²) in [6.45, 7) is 15.1. The molecule has 1 saturated heterocycles. The highest BCUT2D eigenvalue weighted by atomic mass is 16.3. The van der Waals surface area contributed by atoms with Gasteiger partial charge in [0.05, 0.1) is 6.10 Å². The summed E-state index contributed by atoms with van der Waals surface area (Å²) in [6, 6.07) is 6.28. The minimum absolute atomic E-state index is 0.374. The molecule has 2 rings (SSSR count). The summed E-state index contributed by atoms with van der Waals surface area (Å²) in [6.07, 6.45) is -0.374. The average molecular weight is 290 g/mol. The fourth-order valence-electron chi connectivity index (χ4n) is 2.99. The van der Waals surface area contributed by atoms with Crippen LogP contribution in [0.3, 0.4) is 0 Å². The largest absolute Gasteiger partial charge is 0.387 e. The van der Waals surface area contributed by atoms with Crippen LogP contribution in [-0.4, -0.2) is 54.2 Å². The first kappa shape index (κ1) is 16.5. The molecule has 1 unspecified atom stereocenters. The van der Waals surface area contributed by atoms with Gasteiger partial charge in [0, 0.05) is 39.3 Å². The van der Waals surface area contributed by atoms with E-state index in [1.807, 2.05) is 0 Å². The van der Waals surface area contributed by atoms with E-state index in [2.05, 4.69) is 55.7 Å². The van der Waals surface area contributed by atoms with Crippen LogP contribution in [-0.2, 0) is 0 Å². The van der Waals surface area contributed by atoms with Gasteiger partial charge in [-0.15, -0.1) is 0 Å². The molecular formula is C18H30N2O. The van der Waals surface area contributed by atoms with Crippen molar-refractivity contribution in [1.82, 2.24) is 9.80 Å². The number of hydrogen-bond donors (Lipinski definition) is 1. The Morgan fingerprint density at radius 2 is 1.52 bits per heavy atom. The summed E-state index contributed by atoms with van der Waals surface area (Å²) in [7, 11) is 0. The maximum Gasteiger partial charge on any atom is 0.0917 e. The van der Waals surface area contributed by atoms with Crippen LogP contribution in [0.4, 0.5) is 0 Å². The lowest BCUT2D eigenvalue weighted by Crippen LogP contribution is -2.48. The molecule has 1 aliphatic rings. The molecule has 0 radical (unpaired) electrons. The Hall–Kier alpha value is -0.900. The van der Waals surface area contributed by atoms with Gasteiger partial charge in [0.1, 0.15) is 0 Å². The molecule has 3 heteroatoms. The van der Waals surface area contributed by atoms with Gasteiger partial charge in [0.15, 0.2) is 0 Å². The number of rotatable bonds is 5. The first-order valence-electron chi connectivity index (χ1n) is 8.15. The van der Waals surface area contributed by atoms with Gasteiger partial charge >= 0.3 is 0 Å². The highest BCUT2D eigenvalue weighted by Gasteiger charge is 2.20. The van der Waals surface area contributed by atoms with Crippen LogP contribution in [0.2, 0.25) is 0 Å². The second-order valence-corrected chi connectivity index (χ2v) is 6.85. The summed E-state index contributed by atoms with van der Waals surface area (Å²) >= 11 is 0. The molecule has 0 bridgehead atoms. The number of hydrogen-bond acceptors (Lipinski definition) is 3. The van der Waals surface area contributed by atoms with Crippen LogP contribution in [0, 0.1) is 19.8 Å². The third kappa shape index (κ3) is 4.80. The van der Waals surface area contributed by atoms with Crippen molar-refractivity contribution in [2.75, 3.05) is 39.3 Å². The molecule has 0 amide bonds. The standard InChI is InChI=1S/C18H30N2O/c1-14(2)12-19-7-9-20(10-8-19)13-18(21)17-6-5-15(3)16(4)11-17/h5-6,11,14,18,21H,7-10,12-13H2,1-4H3. The summed E-state index contributed by atoms with van der Waals surface area (Å²) in [5, 5.41) is 10.4. The number of benzene rings is 1. The molecule has 3 nitrogen and oxygen atoms in total. The van der Waals surface area contributed by atoms with Crippen molar-refractivity contribution in [3.05, 3.63) is 34.9 Å². The molecule has 1 fully saturated rings. The van der Waals surface area contributed by atoms with Crippen LogP contribution < -0.4 is 0 Å². The minimum atomic E-state index is -0.374. The SMILES string of the molecule is Cc1ccc(C(O)CN2CCN(CC(C)C)CC2)cc1C. The monoisotopic (exact) mass is 290 g/mol. The van der Waals surface area contributed by atoms with E-state index in [1.54, 1.807) is 0 Å². The molecule has 1 aliphatic heterocycles. The van der Waals surface area contributed by atoms with E-state index < -0.39 is 0 Å². The maximum absolute atomic E-state index is 10.4. The summed E-state index contributed by atoms with van der Waals surface area (Å²) < 4.78 is 0. The second-order valence-electron chi connectivity index (χ2n) is 6.85. The quantitative estimate of drug-likeness (QED) is 0.903. The molecule has 1 heterocycles. The molecule has 1 atom stereocenters. The fourth-order valence-corrected chi connectivity index (χ4v) is 2.99. The van der Waals surface area contributed by atoms with E-state index >= 15 is 0 Å². The van der Waals surface area contributed by atoms with Gasteiger partial charge in [-0.25, -0.2) is 0 Å². The van der Waals surface area contributed by atoms with Crippen molar-refractivity contribution in [2.24, 2.45) is 5.92 Å². The molecule has 1 aromatic carbocycles. The molecule has 0 aliphatic carbocycles. The van der Waals surface area contributed by atoms with Crippen LogP contribution in [0.25, 0.3) is 0 Å². The topological polar surface area (TPSA) is 26.7 Å². The number of aliphatic hydroxyl groups excluding tert-OH is 1. The van der Waals surface area contributed by atoms with Crippen molar-refractivity contribution in [2.45, 2.75) is 33.8 Å². The number of β-amino-alcohol motifs (C(OH)–C–C–N with tert-alkyl or cyclic N) is 1. The highest BCUT2D eigenvalue weighted by Crippen LogP contribution is 2.19. The van der Waals surface area contributed by atoms with Crippen LogP contribution in [0.15, 0.2) is 18.2 Å². The Kier molecular flexibility index (Phi) is 5.80.